The van der Waals surface area contributed by atoms with Crippen LogP contribution in [0.4, 0.5) is 0 Å². The van der Waals surface area contributed by atoms with Crippen LogP contribution in [0.15, 0.2) is 30.3 Å². The minimum Gasteiger partial charge on any atom is -0.296 e. The Kier molecular flexibility index (Phi) is 2.72. The summed E-state index contributed by atoms with van der Waals surface area (Å²) in [5.41, 5.74) is 4.12. The molecule has 0 unspecified atom stereocenters. The largest absolute Gasteiger partial charge is 0.296 e. The molecule has 0 N–H and O–H groups in total. The van der Waals surface area contributed by atoms with Crippen molar-refractivity contribution in [1.29, 1.82) is 0 Å². The van der Waals surface area contributed by atoms with E-state index in [0.29, 0.717) is 5.69 Å². The highest BCUT2D eigenvalue weighted by molar-refractivity contribution is 5.75. The Morgan fingerprint density at radius 3 is 2.78 bits per heavy atom. The number of hydrogen-bond donors (Lipinski definition) is 0. The van der Waals surface area contributed by atoms with Gasteiger partial charge >= 0.3 is 0 Å². The normalized spacial score (nSPS) is 14.7. The molecule has 0 spiro atoms. The summed E-state index contributed by atoms with van der Waals surface area (Å²) >= 11 is 0. The first-order valence-corrected chi connectivity index (χ1v) is 6.04. The Hall–Kier alpha value is -1.94. The molecule has 3 rings (SSSR count). The van der Waals surface area contributed by atoms with Crippen molar-refractivity contribution in [3.63, 3.8) is 0 Å². The van der Waals surface area contributed by atoms with Crippen LogP contribution < -0.4 is 0 Å². The molecule has 1 aliphatic heterocycles. The van der Waals surface area contributed by atoms with Gasteiger partial charge in [0.25, 0.3) is 0 Å². The third kappa shape index (κ3) is 1.84. The first kappa shape index (κ1) is 11.2. The Labute approximate surface area is 106 Å². The SMILES string of the molecule is Cn1nc2c(c1C=O)CN(Cc1ccccc1)C2. The third-order valence-electron chi connectivity index (χ3n) is 3.39. The number of hydrogen-bond acceptors (Lipinski definition) is 3. The van der Waals surface area contributed by atoms with Crippen LogP contribution in [-0.2, 0) is 26.7 Å². The predicted octanol–water partition coefficient (Wildman–Crippen LogP) is 1.75. The number of carbonyl (C=O) groups excluding carboxylic acids is 1. The van der Waals surface area contributed by atoms with Gasteiger partial charge in [-0.15, -0.1) is 0 Å². The van der Waals surface area contributed by atoms with Crippen molar-refractivity contribution in [1.82, 2.24) is 14.7 Å². The molecule has 0 amide bonds. The number of aryl methyl sites for hydroxylation is 1. The molecular weight excluding hydrogens is 226 g/mol. The molecule has 1 aliphatic rings. The van der Waals surface area contributed by atoms with E-state index in [9.17, 15) is 4.79 Å². The standard InChI is InChI=1S/C14H15N3O/c1-16-14(10-18)12-8-17(9-13(12)15-16)7-11-5-3-2-4-6-11/h2-6,10H,7-9H2,1H3. The fraction of sp³-hybridized carbons (Fsp3) is 0.286. The lowest BCUT2D eigenvalue weighted by Gasteiger charge is -2.15. The molecule has 0 fully saturated rings. The Morgan fingerprint density at radius 1 is 1.28 bits per heavy atom. The van der Waals surface area contributed by atoms with Gasteiger partial charge in [0.2, 0.25) is 0 Å². The van der Waals surface area contributed by atoms with Crippen molar-refractivity contribution >= 4 is 6.29 Å². The maximum Gasteiger partial charge on any atom is 0.168 e. The van der Waals surface area contributed by atoms with Gasteiger partial charge in [-0.25, -0.2) is 0 Å². The second kappa shape index (κ2) is 4.38. The first-order chi connectivity index (χ1) is 8.78. The molecule has 0 saturated heterocycles. The molecule has 92 valence electrons. The van der Waals surface area contributed by atoms with Gasteiger partial charge in [-0.2, -0.15) is 5.10 Å². The molecule has 2 heterocycles. The van der Waals surface area contributed by atoms with E-state index in [1.807, 2.05) is 25.2 Å². The van der Waals surface area contributed by atoms with E-state index < -0.39 is 0 Å². The highest BCUT2D eigenvalue weighted by Gasteiger charge is 2.26. The summed E-state index contributed by atoms with van der Waals surface area (Å²) in [6, 6.07) is 10.4. The fourth-order valence-electron chi connectivity index (χ4n) is 2.53. The van der Waals surface area contributed by atoms with Crippen LogP contribution in [0.3, 0.4) is 0 Å². The predicted molar refractivity (Wildman–Crippen MR) is 68.0 cm³/mol. The van der Waals surface area contributed by atoms with Gasteiger partial charge in [-0.05, 0) is 5.56 Å². The molecule has 0 saturated carbocycles. The highest BCUT2D eigenvalue weighted by Crippen LogP contribution is 2.25. The molecule has 0 bridgehead atoms. The summed E-state index contributed by atoms with van der Waals surface area (Å²) in [5, 5.41) is 4.40. The number of rotatable bonds is 3. The number of carbonyl (C=O) groups is 1. The van der Waals surface area contributed by atoms with Gasteiger partial charge in [0.05, 0.1) is 5.69 Å². The molecule has 0 atom stereocenters. The van der Waals surface area contributed by atoms with Crippen molar-refractivity contribution in [3.05, 3.63) is 52.8 Å². The summed E-state index contributed by atoms with van der Waals surface area (Å²) < 4.78 is 1.68. The zero-order valence-electron chi connectivity index (χ0n) is 10.3. The zero-order chi connectivity index (χ0) is 12.5. The molecule has 0 aliphatic carbocycles. The summed E-state index contributed by atoms with van der Waals surface area (Å²) in [6.07, 6.45) is 0.901. The molecule has 4 heteroatoms. The fourth-order valence-corrected chi connectivity index (χ4v) is 2.53. The van der Waals surface area contributed by atoms with E-state index >= 15 is 0 Å². The van der Waals surface area contributed by atoms with Crippen LogP contribution in [0.2, 0.25) is 0 Å². The number of fused-ring (bicyclic) bond motifs is 1. The monoisotopic (exact) mass is 241 g/mol. The van der Waals surface area contributed by atoms with Crippen LogP contribution in [0.1, 0.15) is 27.3 Å². The molecule has 1 aromatic heterocycles. The van der Waals surface area contributed by atoms with Gasteiger partial charge in [-0.1, -0.05) is 30.3 Å². The minimum absolute atomic E-state index is 0.709. The highest BCUT2D eigenvalue weighted by atomic mass is 16.1. The summed E-state index contributed by atoms with van der Waals surface area (Å²) in [6.45, 7) is 2.54. The average molecular weight is 241 g/mol. The summed E-state index contributed by atoms with van der Waals surface area (Å²) in [7, 11) is 1.82. The van der Waals surface area contributed by atoms with Crippen LogP contribution >= 0.6 is 0 Å². The lowest BCUT2D eigenvalue weighted by atomic mass is 10.2. The maximum atomic E-state index is 11.0. The summed E-state index contributed by atoms with van der Waals surface area (Å²) in [4.78, 5) is 13.3. The minimum atomic E-state index is 0.709. The number of aldehydes is 1. The van der Waals surface area contributed by atoms with E-state index in [2.05, 4.69) is 22.1 Å². The third-order valence-corrected chi connectivity index (χ3v) is 3.39. The topological polar surface area (TPSA) is 38.1 Å². The molecule has 18 heavy (non-hydrogen) atoms. The number of aromatic nitrogens is 2. The second-order valence-corrected chi connectivity index (χ2v) is 4.68. The van der Waals surface area contributed by atoms with Crippen molar-refractivity contribution in [2.75, 3.05) is 0 Å². The number of nitrogens with zero attached hydrogens (tertiary/aromatic N) is 3. The lowest BCUT2D eigenvalue weighted by Crippen LogP contribution is -2.17. The zero-order valence-corrected chi connectivity index (χ0v) is 10.3. The molecular formula is C14H15N3O. The molecule has 4 nitrogen and oxygen atoms in total. The maximum absolute atomic E-state index is 11.0. The van der Waals surface area contributed by atoms with E-state index in [0.717, 1.165) is 37.2 Å². The van der Waals surface area contributed by atoms with Crippen LogP contribution in [0.5, 0.6) is 0 Å². The Bertz CT molecular complexity index is 574. The van der Waals surface area contributed by atoms with E-state index in [1.165, 1.54) is 5.56 Å². The average Bonchev–Trinajstić information content (AvgIpc) is 2.86. The molecule has 1 aromatic carbocycles. The smallest absolute Gasteiger partial charge is 0.168 e. The van der Waals surface area contributed by atoms with Crippen molar-refractivity contribution in [3.8, 4) is 0 Å². The van der Waals surface area contributed by atoms with Crippen LogP contribution in [0.25, 0.3) is 0 Å². The van der Waals surface area contributed by atoms with Crippen molar-refractivity contribution in [2.45, 2.75) is 19.6 Å². The summed E-state index contributed by atoms with van der Waals surface area (Å²) in [5.74, 6) is 0. The van der Waals surface area contributed by atoms with Gasteiger partial charge in [-0.3, -0.25) is 14.4 Å². The van der Waals surface area contributed by atoms with Gasteiger partial charge in [0, 0.05) is 32.2 Å². The Morgan fingerprint density at radius 2 is 2.06 bits per heavy atom. The number of benzene rings is 1. The molecule has 0 radical (unpaired) electrons. The van der Waals surface area contributed by atoms with Crippen LogP contribution in [0, 0.1) is 0 Å². The van der Waals surface area contributed by atoms with E-state index in [-0.39, 0.29) is 0 Å². The van der Waals surface area contributed by atoms with Gasteiger partial charge in [0.1, 0.15) is 5.69 Å². The van der Waals surface area contributed by atoms with E-state index in [4.69, 9.17) is 0 Å². The van der Waals surface area contributed by atoms with Crippen molar-refractivity contribution < 1.29 is 4.79 Å². The van der Waals surface area contributed by atoms with Gasteiger partial charge in [0.15, 0.2) is 6.29 Å². The van der Waals surface area contributed by atoms with Gasteiger partial charge < -0.3 is 0 Å². The first-order valence-electron chi connectivity index (χ1n) is 6.04. The van der Waals surface area contributed by atoms with E-state index in [1.54, 1.807) is 4.68 Å². The molecule has 2 aromatic rings. The lowest BCUT2D eigenvalue weighted by molar-refractivity contribution is 0.111. The Balaban J connectivity index is 1.77. The van der Waals surface area contributed by atoms with Crippen molar-refractivity contribution in [2.24, 2.45) is 7.05 Å². The van der Waals surface area contributed by atoms with Crippen LogP contribution in [-0.4, -0.2) is 21.0 Å². The second-order valence-electron chi connectivity index (χ2n) is 4.68. The quantitative estimate of drug-likeness (QED) is 0.768.